The van der Waals surface area contributed by atoms with E-state index in [1.54, 1.807) is 56.4 Å². The number of aryl methyl sites for hydroxylation is 1. The van der Waals surface area contributed by atoms with E-state index in [1.165, 1.54) is 4.90 Å². The van der Waals surface area contributed by atoms with Crippen molar-refractivity contribution >= 4 is 52.4 Å². The van der Waals surface area contributed by atoms with Crippen LogP contribution in [0.1, 0.15) is 58.9 Å². The lowest BCUT2D eigenvalue weighted by Gasteiger charge is -2.22. The average Bonchev–Trinajstić information content (AvgIpc) is 3.03. The van der Waals surface area contributed by atoms with E-state index < -0.39 is 0 Å². The molecule has 9 heteroatoms. The molecule has 0 aliphatic rings. The molecule has 0 aliphatic carbocycles. The van der Waals surface area contributed by atoms with Gasteiger partial charge < -0.3 is 19.7 Å². The van der Waals surface area contributed by atoms with Crippen molar-refractivity contribution < 1.29 is 23.9 Å². The molecule has 0 radical (unpaired) electrons. The van der Waals surface area contributed by atoms with Gasteiger partial charge in [0.25, 0.3) is 11.8 Å². The Morgan fingerprint density at radius 2 is 1.60 bits per heavy atom. The van der Waals surface area contributed by atoms with Crippen molar-refractivity contribution in [1.82, 2.24) is 0 Å². The van der Waals surface area contributed by atoms with Crippen LogP contribution >= 0.6 is 23.2 Å². The zero-order valence-corrected chi connectivity index (χ0v) is 27.1. The minimum atomic E-state index is -0.357. The minimum absolute atomic E-state index is 0.189. The number of amides is 2. The summed E-state index contributed by atoms with van der Waals surface area (Å²) in [7, 11) is 1.63. The van der Waals surface area contributed by atoms with Gasteiger partial charge in [-0.1, -0.05) is 71.2 Å². The van der Waals surface area contributed by atoms with E-state index in [0.29, 0.717) is 53.8 Å². The molecule has 0 aliphatic heterocycles. The van der Waals surface area contributed by atoms with Gasteiger partial charge >= 0.3 is 5.97 Å². The molecule has 4 rings (SSSR count). The number of carbonyl (C=O) groups excluding carboxylic acids is 3. The summed E-state index contributed by atoms with van der Waals surface area (Å²) in [5.74, 6) is -0.393. The lowest BCUT2D eigenvalue weighted by molar-refractivity contribution is -0.143. The fourth-order valence-electron chi connectivity index (χ4n) is 4.76. The van der Waals surface area contributed by atoms with Gasteiger partial charge in [-0.15, -0.1) is 0 Å². The van der Waals surface area contributed by atoms with Crippen LogP contribution in [0.15, 0.2) is 84.9 Å². The number of nitrogens with one attached hydrogen (secondary N) is 1. The average molecular weight is 648 g/mol. The molecule has 45 heavy (non-hydrogen) atoms. The first-order valence-corrected chi connectivity index (χ1v) is 15.6. The Morgan fingerprint density at radius 1 is 0.844 bits per heavy atom. The molecule has 0 heterocycles. The highest BCUT2D eigenvalue weighted by molar-refractivity contribution is 6.35. The number of hydrogen-bond acceptors (Lipinski definition) is 5. The molecule has 1 N–H and O–H groups in total. The zero-order valence-electron chi connectivity index (χ0n) is 25.6. The van der Waals surface area contributed by atoms with E-state index >= 15 is 0 Å². The second kappa shape index (κ2) is 16.1. The van der Waals surface area contributed by atoms with Gasteiger partial charge in [-0.2, -0.15) is 0 Å². The summed E-state index contributed by atoms with van der Waals surface area (Å²) >= 11 is 12.8. The van der Waals surface area contributed by atoms with Crippen LogP contribution in [0.2, 0.25) is 10.0 Å². The van der Waals surface area contributed by atoms with Crippen molar-refractivity contribution in [1.29, 1.82) is 0 Å². The third-order valence-corrected chi connectivity index (χ3v) is 7.72. The maximum atomic E-state index is 13.5. The number of unbranched alkanes of at least 4 members (excludes halogenated alkanes) is 2. The first-order chi connectivity index (χ1) is 21.7. The topological polar surface area (TPSA) is 84.9 Å². The molecule has 0 atom stereocenters. The van der Waals surface area contributed by atoms with Gasteiger partial charge in [0.1, 0.15) is 5.75 Å². The van der Waals surface area contributed by atoms with Crippen LogP contribution in [0.4, 0.5) is 11.4 Å². The molecule has 0 saturated heterocycles. The minimum Gasteiger partial charge on any atom is -0.491 e. The molecular weight excluding hydrogens is 611 g/mol. The second-order valence-corrected chi connectivity index (χ2v) is 11.3. The molecule has 0 unspecified atom stereocenters. The Morgan fingerprint density at radius 3 is 2.33 bits per heavy atom. The molecule has 0 spiro atoms. The molecule has 0 saturated carbocycles. The number of benzene rings is 4. The smallest absolute Gasteiger partial charge is 0.305 e. The summed E-state index contributed by atoms with van der Waals surface area (Å²) < 4.78 is 10.9. The maximum absolute atomic E-state index is 13.5. The summed E-state index contributed by atoms with van der Waals surface area (Å²) in [6, 6.07) is 25.2. The van der Waals surface area contributed by atoms with Crippen LogP contribution in [-0.4, -0.2) is 38.0 Å². The van der Waals surface area contributed by atoms with E-state index in [9.17, 15) is 14.4 Å². The second-order valence-electron chi connectivity index (χ2n) is 10.5. The Hall–Kier alpha value is -4.33. The molecule has 7 nitrogen and oxygen atoms in total. The Labute approximate surface area is 274 Å². The van der Waals surface area contributed by atoms with E-state index in [4.69, 9.17) is 32.7 Å². The van der Waals surface area contributed by atoms with Gasteiger partial charge in [-0.05, 0) is 80.6 Å². The van der Waals surface area contributed by atoms with Crippen molar-refractivity contribution in [2.75, 3.05) is 30.5 Å². The number of esters is 1. The highest BCUT2D eigenvalue weighted by atomic mass is 35.5. The normalized spacial score (nSPS) is 10.7. The third kappa shape index (κ3) is 9.10. The summed E-state index contributed by atoms with van der Waals surface area (Å²) in [5.41, 5.74) is 4.65. The number of ether oxygens (including phenoxy) is 2. The largest absolute Gasteiger partial charge is 0.491 e. The van der Waals surface area contributed by atoms with Gasteiger partial charge in [0, 0.05) is 35.8 Å². The van der Waals surface area contributed by atoms with Crippen LogP contribution in [0.5, 0.6) is 5.75 Å². The quantitative estimate of drug-likeness (QED) is 0.116. The van der Waals surface area contributed by atoms with Gasteiger partial charge in [0.15, 0.2) is 0 Å². The number of carbonyl (C=O) groups is 3. The fourth-order valence-corrected chi connectivity index (χ4v) is 5.19. The first kappa shape index (κ1) is 33.6. The van der Waals surface area contributed by atoms with Crippen LogP contribution < -0.4 is 15.0 Å². The molecule has 4 aromatic carbocycles. The number of halogens is 2. The van der Waals surface area contributed by atoms with Gasteiger partial charge in [0.05, 0.1) is 29.5 Å². The Bertz CT molecular complexity index is 1660. The SMILES string of the molecule is CCOC(=O)CCCCCOc1cc(Cl)ccc1N(C)C(=O)c1ccc(NC(=O)c2ccccc2-c2ccc(C)cc2)cc1Cl. The third-order valence-electron chi connectivity index (χ3n) is 7.17. The van der Waals surface area contributed by atoms with Crippen LogP contribution in [0, 0.1) is 6.92 Å². The van der Waals surface area contributed by atoms with Gasteiger partial charge in [-0.25, -0.2) is 0 Å². The van der Waals surface area contributed by atoms with Crippen molar-refractivity contribution in [2.24, 2.45) is 0 Å². The predicted molar refractivity (Wildman–Crippen MR) is 181 cm³/mol. The summed E-state index contributed by atoms with van der Waals surface area (Å²) in [6.45, 7) is 4.57. The van der Waals surface area contributed by atoms with Crippen LogP contribution in [0.3, 0.4) is 0 Å². The number of rotatable bonds is 13. The highest BCUT2D eigenvalue weighted by Gasteiger charge is 2.21. The molecule has 4 aromatic rings. The molecule has 0 aromatic heterocycles. The van der Waals surface area contributed by atoms with Crippen molar-refractivity contribution in [3.8, 4) is 16.9 Å². The van der Waals surface area contributed by atoms with Crippen LogP contribution in [-0.2, 0) is 9.53 Å². The zero-order chi connectivity index (χ0) is 32.3. The summed E-state index contributed by atoms with van der Waals surface area (Å²) in [4.78, 5) is 39.8. The molecule has 2 amide bonds. The van der Waals surface area contributed by atoms with Crippen LogP contribution in [0.25, 0.3) is 11.1 Å². The lowest BCUT2D eigenvalue weighted by atomic mass is 9.98. The molecular formula is C36H36Cl2N2O5. The molecule has 234 valence electrons. The van der Waals surface area contributed by atoms with Crippen molar-refractivity contribution in [3.05, 3.63) is 112 Å². The standard InChI is InChI=1S/C36H36Cl2N2O5/c1-4-44-34(41)12-6-5-9-21-45-33-22-26(37)17-20-32(33)40(3)36(43)30-19-18-27(23-31(30)38)39-35(42)29-11-8-7-10-28(29)25-15-13-24(2)14-16-25/h7-8,10-11,13-20,22-23H,4-6,9,12,21H2,1-3H3,(H,39,42). The lowest BCUT2D eigenvalue weighted by Crippen LogP contribution is -2.27. The fraction of sp³-hybridized carbons (Fsp3) is 0.250. The van der Waals surface area contributed by atoms with Crippen molar-refractivity contribution in [3.63, 3.8) is 0 Å². The van der Waals surface area contributed by atoms with Gasteiger partial charge in [-0.3, -0.25) is 14.4 Å². The monoisotopic (exact) mass is 646 g/mol. The van der Waals surface area contributed by atoms with Gasteiger partial charge in [0.2, 0.25) is 0 Å². The van der Waals surface area contributed by atoms with E-state index in [-0.39, 0.29) is 28.4 Å². The number of anilines is 2. The first-order valence-electron chi connectivity index (χ1n) is 14.8. The Balaban J connectivity index is 1.42. The predicted octanol–water partition coefficient (Wildman–Crippen LogP) is 9.00. The summed E-state index contributed by atoms with van der Waals surface area (Å²) in [6.07, 6.45) is 2.59. The molecule has 0 fully saturated rings. The van der Waals surface area contributed by atoms with Crippen molar-refractivity contribution in [2.45, 2.75) is 39.5 Å². The number of nitrogens with zero attached hydrogens (tertiary/aromatic N) is 1. The highest BCUT2D eigenvalue weighted by Crippen LogP contribution is 2.33. The summed E-state index contributed by atoms with van der Waals surface area (Å²) in [5, 5.41) is 3.57. The maximum Gasteiger partial charge on any atom is 0.305 e. The molecule has 0 bridgehead atoms. The number of hydrogen-bond donors (Lipinski definition) is 1. The Kier molecular flexibility index (Phi) is 12.0. The van der Waals surface area contributed by atoms with E-state index in [2.05, 4.69) is 5.32 Å². The van der Waals surface area contributed by atoms with E-state index in [1.807, 2.05) is 49.4 Å². The van der Waals surface area contributed by atoms with E-state index in [0.717, 1.165) is 29.5 Å².